The zero-order chi connectivity index (χ0) is 37.7. The van der Waals surface area contributed by atoms with Crippen LogP contribution >= 0.6 is 11.6 Å². The quantitative estimate of drug-likeness (QED) is 0.300. The number of fused-ring (bicyclic) bond motifs is 5. The number of anilines is 1. The minimum absolute atomic E-state index is 0.0271. The van der Waals surface area contributed by atoms with E-state index in [0.29, 0.717) is 43.1 Å². The summed E-state index contributed by atoms with van der Waals surface area (Å²) in [4.78, 5) is 21.6. The van der Waals surface area contributed by atoms with Crippen molar-refractivity contribution in [3.63, 3.8) is 0 Å². The molecule has 8 atom stereocenters. The first-order valence-corrected chi connectivity index (χ1v) is 22.5. The zero-order valence-corrected chi connectivity index (χ0v) is 34.0. The Bertz CT molecular complexity index is 1860. The van der Waals surface area contributed by atoms with Gasteiger partial charge in [0.05, 0.1) is 35.2 Å². The molecular weight excluding hydrogens is 720 g/mol. The van der Waals surface area contributed by atoms with Gasteiger partial charge in [-0.05, 0) is 117 Å². The molecule has 0 radical (unpaired) electrons. The standard InChI is InChI=1S/C43H59ClN4O5S/c1-5-53-43(28-46-18-19-47-20-21-51-26-36(47)25-46)17-6-8-30(2)31(3)54(4,50)45-41(49)33-11-15-40-39(23-33)48(24-34-10-13-38(34)43)27-42(29-52-40)16-7-9-32-22-35(44)12-14-37(32)42/h6,11-12,14-15,17,22-23,30-31,34,36,38H,4-5,7-10,13,16,18-21,24-29H2,1-3H3,(H,45,49,50)/b17-6+/t30-,31+,34-,36-,38+,42-,43-,54?/m0/s1. The van der Waals surface area contributed by atoms with Gasteiger partial charge in [-0.2, -0.15) is 0 Å². The van der Waals surface area contributed by atoms with E-state index < -0.39 is 15.3 Å². The van der Waals surface area contributed by atoms with E-state index in [1.54, 1.807) is 6.07 Å². The molecule has 1 N–H and O–H groups in total. The molecule has 1 unspecified atom stereocenters. The smallest absolute Gasteiger partial charge is 0.262 e. The molecule has 54 heavy (non-hydrogen) atoms. The average molecular weight is 779 g/mol. The number of allylic oxidation sites excluding steroid dienone is 1. The molecule has 2 saturated heterocycles. The number of nitrogens with zero attached hydrogens (tertiary/aromatic N) is 3. The largest absolute Gasteiger partial charge is 0.490 e. The van der Waals surface area contributed by atoms with Gasteiger partial charge in [0.15, 0.2) is 0 Å². The predicted molar refractivity (Wildman–Crippen MR) is 219 cm³/mol. The Morgan fingerprint density at radius 1 is 1.11 bits per heavy atom. The molecular formula is C43H59ClN4O5S. The van der Waals surface area contributed by atoms with E-state index in [1.165, 1.54) is 11.1 Å². The van der Waals surface area contributed by atoms with Gasteiger partial charge in [-0.1, -0.05) is 36.7 Å². The molecule has 2 aromatic carbocycles. The Balaban J connectivity index is 1.20. The lowest BCUT2D eigenvalue weighted by atomic mass is 9.63. The van der Waals surface area contributed by atoms with Crippen molar-refractivity contribution in [2.45, 2.75) is 81.6 Å². The highest BCUT2D eigenvalue weighted by Gasteiger charge is 2.50. The normalized spacial score (nSPS) is 36.8. The predicted octanol–water partition coefficient (Wildman–Crippen LogP) is 5.98. The maximum absolute atomic E-state index is 14.1. The molecule has 4 heterocycles. The van der Waals surface area contributed by atoms with Crippen LogP contribution in [0.2, 0.25) is 5.02 Å². The lowest BCUT2D eigenvalue weighted by Gasteiger charge is -2.53. The second-order valence-electron chi connectivity index (χ2n) is 17.1. The van der Waals surface area contributed by atoms with Gasteiger partial charge >= 0.3 is 0 Å². The average Bonchev–Trinajstić information content (AvgIpc) is 3.29. The summed E-state index contributed by atoms with van der Waals surface area (Å²) in [7, 11) is -2.96. The first-order chi connectivity index (χ1) is 26.0. The molecule has 4 aliphatic heterocycles. The lowest BCUT2D eigenvalue weighted by molar-refractivity contribution is -0.121. The van der Waals surface area contributed by atoms with Crippen molar-refractivity contribution in [3.05, 3.63) is 70.3 Å². The van der Waals surface area contributed by atoms with E-state index in [4.69, 9.17) is 25.8 Å². The van der Waals surface area contributed by atoms with Crippen molar-refractivity contribution < 1.29 is 23.2 Å². The topological polar surface area (TPSA) is 83.6 Å². The van der Waals surface area contributed by atoms with Crippen LogP contribution in [0.25, 0.3) is 0 Å². The van der Waals surface area contributed by atoms with Gasteiger partial charge < -0.3 is 19.1 Å². The molecule has 11 heteroatoms. The van der Waals surface area contributed by atoms with Crippen LogP contribution in [0.4, 0.5) is 5.69 Å². The van der Waals surface area contributed by atoms with Crippen molar-refractivity contribution >= 4 is 38.8 Å². The van der Waals surface area contributed by atoms with E-state index in [0.717, 1.165) is 108 Å². The molecule has 1 spiro atoms. The number of benzene rings is 2. The summed E-state index contributed by atoms with van der Waals surface area (Å²) in [5.74, 6) is 5.22. The molecule has 1 saturated carbocycles. The fraction of sp³-hybridized carbons (Fsp3) is 0.628. The summed E-state index contributed by atoms with van der Waals surface area (Å²) in [6, 6.07) is 12.5. The zero-order valence-electron chi connectivity index (χ0n) is 32.4. The van der Waals surface area contributed by atoms with Gasteiger partial charge in [-0.15, -0.1) is 0 Å². The van der Waals surface area contributed by atoms with Gasteiger partial charge in [0.2, 0.25) is 0 Å². The molecule has 9 nitrogen and oxygen atoms in total. The summed E-state index contributed by atoms with van der Waals surface area (Å²) in [6.45, 7) is 15.4. The van der Waals surface area contributed by atoms with E-state index in [-0.39, 0.29) is 22.5 Å². The monoisotopic (exact) mass is 778 g/mol. The van der Waals surface area contributed by atoms with Crippen LogP contribution in [0.3, 0.4) is 0 Å². The number of amides is 1. The summed E-state index contributed by atoms with van der Waals surface area (Å²) >= 11 is 6.54. The number of carbonyl (C=O) groups excluding carboxylic acids is 1. The van der Waals surface area contributed by atoms with Crippen molar-refractivity contribution in [2.75, 3.05) is 77.1 Å². The van der Waals surface area contributed by atoms with E-state index >= 15 is 0 Å². The van der Waals surface area contributed by atoms with Gasteiger partial charge in [0.25, 0.3) is 5.91 Å². The second-order valence-corrected chi connectivity index (χ2v) is 19.9. The van der Waals surface area contributed by atoms with Crippen LogP contribution in [0.1, 0.15) is 74.4 Å². The summed E-state index contributed by atoms with van der Waals surface area (Å²) in [6.07, 6.45) is 10.6. The molecule has 1 amide bonds. The van der Waals surface area contributed by atoms with Crippen LogP contribution in [0, 0.1) is 17.8 Å². The Labute approximate surface area is 327 Å². The summed E-state index contributed by atoms with van der Waals surface area (Å²) in [5.41, 5.74) is 3.30. The highest BCUT2D eigenvalue weighted by molar-refractivity contribution is 7.99. The van der Waals surface area contributed by atoms with Crippen LogP contribution in [-0.4, -0.2) is 115 Å². The number of hydrogen-bond acceptors (Lipinski definition) is 8. The highest BCUT2D eigenvalue weighted by atomic mass is 35.5. The number of ether oxygens (including phenoxy) is 3. The number of halogens is 1. The maximum Gasteiger partial charge on any atom is 0.262 e. The van der Waals surface area contributed by atoms with Gasteiger partial charge in [0.1, 0.15) is 11.4 Å². The molecule has 6 aliphatic rings. The number of nitrogens with one attached hydrogen (secondary N) is 1. The minimum Gasteiger partial charge on any atom is -0.490 e. The van der Waals surface area contributed by atoms with Crippen LogP contribution in [0.15, 0.2) is 48.6 Å². The van der Waals surface area contributed by atoms with Crippen LogP contribution in [-0.2, 0) is 31.0 Å². The van der Waals surface area contributed by atoms with Gasteiger partial charge in [-0.25, -0.2) is 4.21 Å². The Morgan fingerprint density at radius 2 is 1.98 bits per heavy atom. The Hall–Kier alpha value is -2.60. The van der Waals surface area contributed by atoms with Crippen molar-refractivity contribution in [2.24, 2.45) is 17.8 Å². The third-order valence-corrected chi connectivity index (χ3v) is 16.2. The number of morpholine rings is 1. The Morgan fingerprint density at radius 3 is 2.80 bits per heavy atom. The Kier molecular flexibility index (Phi) is 10.9. The molecule has 2 aliphatic carbocycles. The third kappa shape index (κ3) is 7.36. The number of aryl methyl sites for hydroxylation is 1. The molecule has 294 valence electrons. The van der Waals surface area contributed by atoms with Crippen molar-refractivity contribution in [3.8, 4) is 5.75 Å². The van der Waals surface area contributed by atoms with Gasteiger partial charge in [0, 0.05) is 79.7 Å². The van der Waals surface area contributed by atoms with Crippen molar-refractivity contribution in [1.82, 2.24) is 14.5 Å². The maximum atomic E-state index is 14.1. The fourth-order valence-corrected chi connectivity index (χ4v) is 12.1. The number of hydrogen-bond donors (Lipinski definition) is 1. The first kappa shape index (κ1) is 38.3. The van der Waals surface area contributed by atoms with Crippen LogP contribution in [0.5, 0.6) is 5.75 Å². The van der Waals surface area contributed by atoms with E-state index in [9.17, 15) is 9.00 Å². The van der Waals surface area contributed by atoms with Crippen LogP contribution < -0.4 is 14.4 Å². The number of piperazine rings is 1. The number of carbonyl (C=O) groups is 1. The second kappa shape index (κ2) is 15.4. The minimum atomic E-state index is -2.96. The highest BCUT2D eigenvalue weighted by Crippen LogP contribution is 2.49. The molecule has 2 aromatic rings. The van der Waals surface area contributed by atoms with E-state index in [2.05, 4.69) is 63.4 Å². The number of rotatable bonds is 4. The molecule has 0 aromatic heterocycles. The molecule has 2 bridgehead atoms. The van der Waals surface area contributed by atoms with Crippen molar-refractivity contribution in [1.29, 1.82) is 0 Å². The summed E-state index contributed by atoms with van der Waals surface area (Å²) in [5, 5.41) is 0.432. The molecule has 3 fully saturated rings. The van der Waals surface area contributed by atoms with Gasteiger partial charge in [-0.3, -0.25) is 19.3 Å². The lowest BCUT2D eigenvalue weighted by Crippen LogP contribution is -2.62. The van der Waals surface area contributed by atoms with E-state index in [1.807, 2.05) is 25.1 Å². The SMILES string of the molecule is C=S1(=O)NC(=O)c2ccc3c(c2)N(C[C@@H]2CC[C@H]2[C@](CN2CCN4CCOC[C@@H]4C2)(OCC)/C=C/C[C@H](C)[C@H]1C)C[C@@]1(CCCc2cc(Cl)ccc21)CO3. The fourth-order valence-electron chi connectivity index (χ4n) is 10.4. The third-order valence-electron chi connectivity index (χ3n) is 13.8. The molecule has 8 rings (SSSR count). The summed E-state index contributed by atoms with van der Waals surface area (Å²) < 4.78 is 36.7. The first-order valence-electron chi connectivity index (χ1n) is 20.3.